The van der Waals surface area contributed by atoms with Crippen LogP contribution in [-0.4, -0.2) is 17.9 Å². The van der Waals surface area contributed by atoms with Crippen molar-refractivity contribution in [1.82, 2.24) is 5.32 Å². The van der Waals surface area contributed by atoms with E-state index in [1.54, 1.807) is 0 Å². The Hall–Kier alpha value is -0.370. The summed E-state index contributed by atoms with van der Waals surface area (Å²) in [4.78, 5) is 12.2. The summed E-state index contributed by atoms with van der Waals surface area (Å²) >= 11 is 0. The molecule has 1 heterocycles. The molecule has 0 aromatic rings. The van der Waals surface area contributed by atoms with Gasteiger partial charge in [0, 0.05) is 24.9 Å². The molecule has 112 valence electrons. The Bertz CT molecular complexity index is 274. The van der Waals surface area contributed by atoms with Gasteiger partial charge in [0.2, 0.25) is 0 Å². The van der Waals surface area contributed by atoms with Crippen LogP contribution < -0.4 is 5.32 Å². The Balaban J connectivity index is 2.92. The van der Waals surface area contributed by atoms with E-state index < -0.39 is 0 Å². The fourth-order valence-electron chi connectivity index (χ4n) is 3.28. The highest BCUT2D eigenvalue weighted by atomic mass is 16.1. The fourth-order valence-corrected chi connectivity index (χ4v) is 3.28. The first-order valence-electron chi connectivity index (χ1n) is 8.13. The zero-order valence-corrected chi connectivity index (χ0v) is 13.8. The second kappa shape index (κ2) is 6.39. The summed E-state index contributed by atoms with van der Waals surface area (Å²) in [6.45, 7) is 13.7. The van der Waals surface area contributed by atoms with Crippen molar-refractivity contribution in [3.63, 3.8) is 0 Å². The van der Waals surface area contributed by atoms with Crippen molar-refractivity contribution >= 4 is 5.78 Å². The number of piperidine rings is 1. The van der Waals surface area contributed by atoms with E-state index in [9.17, 15) is 4.79 Å². The Labute approximate surface area is 119 Å². The molecule has 1 N–H and O–H groups in total. The highest BCUT2D eigenvalue weighted by molar-refractivity contribution is 5.80. The number of rotatable bonds is 6. The molecule has 1 fully saturated rings. The summed E-state index contributed by atoms with van der Waals surface area (Å²) in [5.74, 6) is 0.454. The average Bonchev–Trinajstić information content (AvgIpc) is 2.44. The Morgan fingerprint density at radius 1 is 0.895 bits per heavy atom. The molecule has 0 spiro atoms. The minimum absolute atomic E-state index is 0.247. The maximum atomic E-state index is 12.2. The van der Waals surface area contributed by atoms with Gasteiger partial charge in [-0.1, -0.05) is 41.5 Å². The maximum absolute atomic E-state index is 12.2. The number of carbonyl (C=O) groups excluding carboxylic acids is 1. The van der Waals surface area contributed by atoms with Crippen molar-refractivity contribution in [2.45, 2.75) is 92.2 Å². The monoisotopic (exact) mass is 267 g/mol. The first-order valence-corrected chi connectivity index (χ1v) is 8.13. The maximum Gasteiger partial charge on any atom is 0.136 e. The minimum Gasteiger partial charge on any atom is -0.309 e. The summed E-state index contributed by atoms with van der Waals surface area (Å²) in [5.41, 5.74) is 0.493. The zero-order chi connectivity index (χ0) is 14.7. The number of ketones is 1. The van der Waals surface area contributed by atoms with Crippen molar-refractivity contribution in [3.8, 4) is 0 Å². The van der Waals surface area contributed by atoms with Crippen LogP contribution in [0.1, 0.15) is 80.1 Å². The highest BCUT2D eigenvalue weighted by Crippen LogP contribution is 2.39. The van der Waals surface area contributed by atoms with Crippen LogP contribution in [0.15, 0.2) is 0 Å². The fraction of sp³-hybridized carbons (Fsp3) is 0.941. The standard InChI is InChI=1S/C17H33NO/c1-7-16(5,8-2)14-11-13(19)12-15(18-14)17(6,9-3)10-4/h14-15,18H,7-12H2,1-6H3. The van der Waals surface area contributed by atoms with Crippen LogP contribution in [0.5, 0.6) is 0 Å². The number of Topliss-reactive ketones (excluding diaryl/α,β-unsaturated/α-hetero) is 1. The molecule has 1 saturated heterocycles. The van der Waals surface area contributed by atoms with E-state index in [-0.39, 0.29) is 10.8 Å². The quantitative estimate of drug-likeness (QED) is 0.776. The van der Waals surface area contributed by atoms with Gasteiger partial charge in [-0.2, -0.15) is 0 Å². The van der Waals surface area contributed by atoms with Gasteiger partial charge in [-0.15, -0.1) is 0 Å². The summed E-state index contributed by atoms with van der Waals surface area (Å²) in [5, 5.41) is 3.85. The van der Waals surface area contributed by atoms with Crippen molar-refractivity contribution in [1.29, 1.82) is 0 Å². The van der Waals surface area contributed by atoms with E-state index in [0.29, 0.717) is 17.9 Å². The van der Waals surface area contributed by atoms with Gasteiger partial charge in [0.25, 0.3) is 0 Å². The lowest BCUT2D eigenvalue weighted by atomic mass is 9.68. The smallest absolute Gasteiger partial charge is 0.136 e. The molecule has 19 heavy (non-hydrogen) atoms. The van der Waals surface area contributed by atoms with E-state index in [1.807, 2.05) is 0 Å². The Morgan fingerprint density at radius 2 is 1.21 bits per heavy atom. The van der Waals surface area contributed by atoms with Gasteiger partial charge in [-0.3, -0.25) is 4.79 Å². The summed E-state index contributed by atoms with van der Waals surface area (Å²) in [6.07, 6.45) is 5.98. The van der Waals surface area contributed by atoms with Gasteiger partial charge in [0.15, 0.2) is 0 Å². The minimum atomic E-state index is 0.247. The Morgan fingerprint density at radius 3 is 1.47 bits per heavy atom. The van der Waals surface area contributed by atoms with E-state index in [2.05, 4.69) is 46.9 Å². The zero-order valence-electron chi connectivity index (χ0n) is 13.8. The third kappa shape index (κ3) is 3.39. The lowest BCUT2D eigenvalue weighted by Gasteiger charge is -2.47. The molecule has 1 rings (SSSR count). The third-order valence-corrected chi connectivity index (χ3v) is 6.18. The van der Waals surface area contributed by atoms with Crippen molar-refractivity contribution < 1.29 is 4.79 Å². The summed E-state index contributed by atoms with van der Waals surface area (Å²) in [7, 11) is 0. The van der Waals surface area contributed by atoms with Gasteiger partial charge >= 0.3 is 0 Å². The predicted octanol–water partition coefficient (Wildman–Crippen LogP) is 4.33. The van der Waals surface area contributed by atoms with E-state index >= 15 is 0 Å². The van der Waals surface area contributed by atoms with Crippen LogP contribution in [-0.2, 0) is 4.79 Å². The molecule has 2 atom stereocenters. The molecule has 0 aromatic heterocycles. The van der Waals surface area contributed by atoms with Gasteiger partial charge < -0.3 is 5.32 Å². The molecule has 2 heteroatoms. The number of nitrogens with one attached hydrogen (secondary N) is 1. The van der Waals surface area contributed by atoms with Crippen molar-refractivity contribution in [2.24, 2.45) is 10.8 Å². The van der Waals surface area contributed by atoms with Crippen molar-refractivity contribution in [2.75, 3.05) is 0 Å². The van der Waals surface area contributed by atoms with Gasteiger partial charge in [-0.05, 0) is 36.5 Å². The second-order valence-electron chi connectivity index (χ2n) is 6.94. The Kier molecular flexibility index (Phi) is 5.61. The molecular formula is C17H33NO. The van der Waals surface area contributed by atoms with E-state index in [0.717, 1.165) is 38.5 Å². The lowest BCUT2D eigenvalue weighted by molar-refractivity contribution is -0.124. The van der Waals surface area contributed by atoms with Crippen LogP contribution in [0.2, 0.25) is 0 Å². The molecule has 0 bridgehead atoms. The van der Waals surface area contributed by atoms with Crippen LogP contribution in [0.25, 0.3) is 0 Å². The molecule has 0 radical (unpaired) electrons. The van der Waals surface area contributed by atoms with Gasteiger partial charge in [-0.25, -0.2) is 0 Å². The lowest BCUT2D eigenvalue weighted by Crippen LogP contribution is -2.58. The van der Waals surface area contributed by atoms with Crippen LogP contribution in [0, 0.1) is 10.8 Å². The van der Waals surface area contributed by atoms with Crippen molar-refractivity contribution in [3.05, 3.63) is 0 Å². The average molecular weight is 267 g/mol. The molecule has 0 aromatic carbocycles. The topological polar surface area (TPSA) is 29.1 Å². The molecule has 0 aliphatic carbocycles. The summed E-state index contributed by atoms with van der Waals surface area (Å²) < 4.78 is 0. The molecule has 2 nitrogen and oxygen atoms in total. The normalized spacial score (nSPS) is 25.7. The molecule has 0 amide bonds. The number of carbonyl (C=O) groups is 1. The molecule has 2 unspecified atom stereocenters. The number of hydrogen-bond acceptors (Lipinski definition) is 2. The first kappa shape index (κ1) is 16.7. The van der Waals surface area contributed by atoms with E-state index in [1.165, 1.54) is 0 Å². The van der Waals surface area contributed by atoms with E-state index in [4.69, 9.17) is 0 Å². The van der Waals surface area contributed by atoms with Crippen LogP contribution >= 0.6 is 0 Å². The second-order valence-corrected chi connectivity index (χ2v) is 6.94. The molecule has 1 aliphatic rings. The molecule has 0 saturated carbocycles. The first-order chi connectivity index (χ1) is 8.85. The SMILES string of the molecule is CCC(C)(CC)C1CC(=O)CC(C(C)(CC)CC)N1. The molecule has 1 aliphatic heterocycles. The predicted molar refractivity (Wildman–Crippen MR) is 82.3 cm³/mol. The highest BCUT2D eigenvalue weighted by Gasteiger charge is 2.42. The van der Waals surface area contributed by atoms with Crippen LogP contribution in [0.4, 0.5) is 0 Å². The van der Waals surface area contributed by atoms with Crippen LogP contribution in [0.3, 0.4) is 0 Å². The van der Waals surface area contributed by atoms with Gasteiger partial charge in [0.1, 0.15) is 5.78 Å². The number of hydrogen-bond donors (Lipinski definition) is 1. The van der Waals surface area contributed by atoms with Gasteiger partial charge in [0.05, 0.1) is 0 Å². The largest absolute Gasteiger partial charge is 0.309 e. The third-order valence-electron chi connectivity index (χ3n) is 6.18. The summed E-state index contributed by atoms with van der Waals surface area (Å²) in [6, 6.07) is 0.706. The molecular weight excluding hydrogens is 234 g/mol.